The summed E-state index contributed by atoms with van der Waals surface area (Å²) in [5.74, 6) is -2.59. The van der Waals surface area contributed by atoms with E-state index in [2.05, 4.69) is 21.2 Å². The van der Waals surface area contributed by atoms with Gasteiger partial charge >= 0.3 is 4.87 Å². The number of imide groups is 1. The quantitative estimate of drug-likeness (QED) is 0.232. The third-order valence-corrected chi connectivity index (χ3v) is 10.6. The Kier molecular flexibility index (Phi) is 8.12. The number of hydrogen-bond donors (Lipinski definition) is 2. The molecule has 220 valence electrons. The lowest BCUT2D eigenvalue weighted by molar-refractivity contribution is -0.122. The molecule has 0 spiro atoms. The number of nitrogens with zero attached hydrogens (tertiary/aromatic N) is 2. The minimum absolute atomic E-state index is 0.0671. The van der Waals surface area contributed by atoms with Crippen LogP contribution in [-0.4, -0.2) is 39.3 Å². The van der Waals surface area contributed by atoms with Gasteiger partial charge in [-0.25, -0.2) is 4.90 Å². The Morgan fingerprint density at radius 2 is 1.77 bits per heavy atom. The van der Waals surface area contributed by atoms with Crippen molar-refractivity contribution in [2.24, 2.45) is 5.92 Å². The number of thiazole rings is 1. The van der Waals surface area contributed by atoms with Crippen molar-refractivity contribution in [2.45, 2.75) is 29.7 Å². The third kappa shape index (κ3) is 5.48. The first-order valence-electron chi connectivity index (χ1n) is 13.2. The summed E-state index contributed by atoms with van der Waals surface area (Å²) in [6.07, 6.45) is 0. The third-order valence-electron chi connectivity index (χ3n) is 7.21. The Morgan fingerprint density at radius 1 is 1.05 bits per heavy atom. The zero-order chi connectivity index (χ0) is 30.4. The fraction of sp³-hybridized carbons (Fsp3) is 0.200. The van der Waals surface area contributed by atoms with Gasteiger partial charge in [0.05, 0.1) is 23.2 Å². The van der Waals surface area contributed by atoms with Crippen LogP contribution in [0.5, 0.6) is 11.5 Å². The Morgan fingerprint density at radius 3 is 2.47 bits per heavy atom. The highest BCUT2D eigenvalue weighted by Crippen LogP contribution is 2.54. The molecular weight excluding hydrogens is 678 g/mol. The van der Waals surface area contributed by atoms with Crippen LogP contribution >= 0.6 is 50.6 Å². The average molecular weight is 701 g/mol. The first kappa shape index (κ1) is 29.5. The summed E-state index contributed by atoms with van der Waals surface area (Å²) in [6.45, 7) is 1.80. The van der Waals surface area contributed by atoms with Crippen molar-refractivity contribution in [3.05, 3.63) is 96.3 Å². The number of carbonyl (C=O) groups is 3. The monoisotopic (exact) mass is 699 g/mol. The van der Waals surface area contributed by atoms with Gasteiger partial charge in [0.25, 0.3) is 0 Å². The van der Waals surface area contributed by atoms with Gasteiger partial charge < -0.3 is 15.2 Å². The normalized spacial score (nSPS) is 19.2. The highest BCUT2D eigenvalue weighted by atomic mass is 79.9. The highest BCUT2D eigenvalue weighted by molar-refractivity contribution is 9.10. The highest BCUT2D eigenvalue weighted by Gasteiger charge is 2.57. The predicted molar refractivity (Wildman–Crippen MR) is 170 cm³/mol. The second kappa shape index (κ2) is 11.8. The predicted octanol–water partition coefficient (Wildman–Crippen LogP) is 5.86. The Labute approximate surface area is 267 Å². The number of halogens is 2. The van der Waals surface area contributed by atoms with E-state index in [1.807, 2.05) is 0 Å². The molecule has 9 nitrogen and oxygen atoms in total. The molecular formula is C30H23BrClN3O6S2. The lowest BCUT2D eigenvalue weighted by atomic mass is 9.83. The van der Waals surface area contributed by atoms with E-state index in [1.165, 1.54) is 15.5 Å². The van der Waals surface area contributed by atoms with Gasteiger partial charge in [-0.3, -0.25) is 23.7 Å². The molecule has 2 aliphatic rings. The van der Waals surface area contributed by atoms with E-state index in [-0.39, 0.29) is 28.8 Å². The zero-order valence-corrected chi connectivity index (χ0v) is 26.4. The van der Waals surface area contributed by atoms with Gasteiger partial charge in [0.15, 0.2) is 11.5 Å². The molecule has 3 amide bonds. The molecule has 2 N–H and O–H groups in total. The van der Waals surface area contributed by atoms with Gasteiger partial charge in [-0.15, -0.1) is 0 Å². The van der Waals surface area contributed by atoms with E-state index in [4.69, 9.17) is 16.3 Å². The molecule has 1 fully saturated rings. The molecule has 0 unspecified atom stereocenters. The fourth-order valence-corrected chi connectivity index (χ4v) is 8.50. The number of phenolic OH excluding ortho intramolecular Hbond substituents is 1. The number of fused-ring (bicyclic) bond motifs is 2. The molecule has 0 aliphatic carbocycles. The molecule has 0 saturated carbocycles. The topological polar surface area (TPSA) is 118 Å². The maximum atomic E-state index is 14.0. The molecule has 0 radical (unpaired) electrons. The molecule has 4 aromatic rings. The molecule has 13 heteroatoms. The van der Waals surface area contributed by atoms with Gasteiger partial charge in [-0.1, -0.05) is 56.7 Å². The number of thioether (sulfide) groups is 1. The van der Waals surface area contributed by atoms with E-state index in [9.17, 15) is 24.3 Å². The number of ether oxygens (including phenoxy) is 1. The second-order valence-electron chi connectivity index (χ2n) is 9.87. The Bertz CT molecular complexity index is 1810. The number of anilines is 2. The second-order valence-corrected chi connectivity index (χ2v) is 13.3. The van der Waals surface area contributed by atoms with Gasteiger partial charge in [-0.05, 0) is 73.2 Å². The number of carbonyl (C=O) groups excluding carboxylic acids is 3. The summed E-state index contributed by atoms with van der Waals surface area (Å²) in [6, 6.07) is 18.3. The summed E-state index contributed by atoms with van der Waals surface area (Å²) in [7, 11) is 0. The van der Waals surface area contributed by atoms with Crippen LogP contribution < -0.4 is 19.8 Å². The van der Waals surface area contributed by atoms with E-state index < -0.39 is 28.9 Å². The van der Waals surface area contributed by atoms with Crippen LogP contribution in [-0.2, 0) is 20.9 Å². The number of nitrogens with one attached hydrogen (secondary N) is 1. The molecule has 6 rings (SSSR count). The standard InChI is InChI=1S/C30H23BrClN3O6S2/c1-2-41-21-13-15(3-12-20(21)36)23-24-25(28(39)35(27(24)38)19-10-4-16(31)5-11-19)42-29-26(23)43-30(40)34(29)14-22(37)33-18-8-6-17(32)7-9-18/h3-13,23-25,36H,2,14H2,1H3,(H,33,37)/t23-,24+,25-/m0/s1. The van der Waals surface area contributed by atoms with Crippen molar-refractivity contribution in [3.8, 4) is 11.5 Å². The minimum atomic E-state index is -0.849. The van der Waals surface area contributed by atoms with Crippen molar-refractivity contribution in [1.82, 2.24) is 4.57 Å². The molecule has 1 saturated heterocycles. The number of phenols is 1. The van der Waals surface area contributed by atoms with Crippen molar-refractivity contribution in [1.29, 1.82) is 0 Å². The number of hydrogen-bond acceptors (Lipinski definition) is 8. The van der Waals surface area contributed by atoms with Crippen molar-refractivity contribution in [2.75, 3.05) is 16.8 Å². The van der Waals surface area contributed by atoms with E-state index >= 15 is 0 Å². The number of aromatic hydroxyl groups is 1. The van der Waals surface area contributed by atoms with Crippen LogP contribution in [0.25, 0.3) is 0 Å². The van der Waals surface area contributed by atoms with E-state index in [1.54, 1.807) is 67.6 Å². The van der Waals surface area contributed by atoms with Crippen molar-refractivity contribution in [3.63, 3.8) is 0 Å². The van der Waals surface area contributed by atoms with Crippen LogP contribution in [0.2, 0.25) is 5.02 Å². The van der Waals surface area contributed by atoms with Crippen LogP contribution in [0.3, 0.4) is 0 Å². The van der Waals surface area contributed by atoms with Crippen LogP contribution in [0, 0.1) is 5.92 Å². The fourth-order valence-electron chi connectivity index (χ4n) is 5.33. The number of amides is 3. The van der Waals surface area contributed by atoms with Crippen LogP contribution in [0.4, 0.5) is 11.4 Å². The first-order chi connectivity index (χ1) is 20.7. The van der Waals surface area contributed by atoms with Crippen LogP contribution in [0.15, 0.2) is 81.0 Å². The zero-order valence-electron chi connectivity index (χ0n) is 22.5. The largest absolute Gasteiger partial charge is 0.504 e. The Balaban J connectivity index is 1.43. The van der Waals surface area contributed by atoms with Gasteiger partial charge in [0, 0.05) is 26.0 Å². The SMILES string of the molecule is CCOc1cc([C@@H]2c3sc(=O)n(CC(=O)Nc4ccc(Cl)cc4)c3S[C@@H]3C(=O)N(c4ccc(Br)cc4)C(=O)[C@H]23)ccc1O. The molecule has 2 aliphatic heterocycles. The number of rotatable bonds is 7. The van der Waals surface area contributed by atoms with Crippen LogP contribution in [0.1, 0.15) is 23.3 Å². The smallest absolute Gasteiger partial charge is 0.308 e. The van der Waals surface area contributed by atoms with E-state index in [0.29, 0.717) is 38.5 Å². The van der Waals surface area contributed by atoms with Crippen molar-refractivity contribution < 1.29 is 24.2 Å². The summed E-state index contributed by atoms with van der Waals surface area (Å²) in [4.78, 5) is 55.7. The van der Waals surface area contributed by atoms with Crippen molar-refractivity contribution >= 4 is 79.7 Å². The molecule has 3 atom stereocenters. The first-order valence-corrected chi connectivity index (χ1v) is 16.1. The van der Waals surface area contributed by atoms with Gasteiger partial charge in [0.2, 0.25) is 17.7 Å². The van der Waals surface area contributed by atoms with Gasteiger partial charge in [0.1, 0.15) is 11.8 Å². The summed E-state index contributed by atoms with van der Waals surface area (Å²) < 4.78 is 7.77. The summed E-state index contributed by atoms with van der Waals surface area (Å²) in [5, 5.41) is 13.3. The molecule has 1 aromatic heterocycles. The maximum Gasteiger partial charge on any atom is 0.308 e. The molecule has 3 aromatic carbocycles. The molecule has 43 heavy (non-hydrogen) atoms. The minimum Gasteiger partial charge on any atom is -0.504 e. The Hall–Kier alpha value is -3.58. The van der Waals surface area contributed by atoms with E-state index in [0.717, 1.165) is 27.6 Å². The number of benzene rings is 3. The summed E-state index contributed by atoms with van der Waals surface area (Å²) in [5.41, 5.74) is 1.57. The molecule has 3 heterocycles. The maximum absolute atomic E-state index is 14.0. The van der Waals surface area contributed by atoms with Gasteiger partial charge in [-0.2, -0.15) is 0 Å². The number of aromatic nitrogens is 1. The molecule has 0 bridgehead atoms. The lowest BCUT2D eigenvalue weighted by Crippen LogP contribution is -2.33. The average Bonchev–Trinajstić information content (AvgIpc) is 3.42. The lowest BCUT2D eigenvalue weighted by Gasteiger charge is -2.31. The summed E-state index contributed by atoms with van der Waals surface area (Å²) >= 11 is 11.4.